The molecule has 0 spiro atoms. The molecule has 1 heteroatoms. The van der Waals surface area contributed by atoms with Gasteiger partial charge in [0.25, 0.3) is 0 Å². The summed E-state index contributed by atoms with van der Waals surface area (Å²) in [5.74, 6) is 0.760. The normalized spacial score (nSPS) is 23.1. The van der Waals surface area contributed by atoms with E-state index in [1.54, 1.807) is 0 Å². The Bertz CT molecular complexity index is 248. The Balaban J connectivity index is 2.63. The molecule has 0 fully saturated rings. The van der Waals surface area contributed by atoms with Gasteiger partial charge in [0.05, 0.1) is 0 Å². The van der Waals surface area contributed by atoms with E-state index in [9.17, 15) is 0 Å². The highest BCUT2D eigenvalue weighted by molar-refractivity contribution is 5.28. The predicted molar refractivity (Wildman–Crippen MR) is 63.4 cm³/mol. The van der Waals surface area contributed by atoms with Crippen molar-refractivity contribution in [1.29, 1.82) is 0 Å². The van der Waals surface area contributed by atoms with Crippen molar-refractivity contribution in [1.82, 2.24) is 5.32 Å². The average Bonchev–Trinajstić information content (AvgIpc) is 2.18. The van der Waals surface area contributed by atoms with Gasteiger partial charge in [-0.1, -0.05) is 18.2 Å². The Labute approximate surface area is 88.3 Å². The molecule has 0 aromatic heterocycles. The van der Waals surface area contributed by atoms with E-state index >= 15 is 0 Å². The lowest BCUT2D eigenvalue weighted by molar-refractivity contribution is 0.249. The molecule has 0 radical (unpaired) electrons. The molecular weight excluding hydrogens is 170 g/mol. The fourth-order valence-corrected chi connectivity index (χ4v) is 2.08. The Kier molecular flexibility index (Phi) is 3.54. The minimum Gasteiger partial charge on any atom is -0.315 e. The molecule has 0 aliphatic heterocycles. The number of nitrogens with one attached hydrogen (secondary N) is 1. The van der Waals surface area contributed by atoms with Gasteiger partial charge in [0.1, 0.15) is 0 Å². The second-order valence-corrected chi connectivity index (χ2v) is 4.95. The van der Waals surface area contributed by atoms with Crippen molar-refractivity contribution in [3.63, 3.8) is 0 Å². The van der Waals surface area contributed by atoms with Crippen molar-refractivity contribution in [3.8, 4) is 0 Å². The molecule has 1 aliphatic carbocycles. The highest BCUT2D eigenvalue weighted by Crippen LogP contribution is 2.33. The van der Waals surface area contributed by atoms with E-state index in [-0.39, 0.29) is 5.54 Å². The summed E-state index contributed by atoms with van der Waals surface area (Å²) in [4.78, 5) is 0. The SMILES string of the molecule is C=C(C)C1=CCC(C(C)(C)NC)CC1. The highest BCUT2D eigenvalue weighted by atomic mass is 14.9. The van der Waals surface area contributed by atoms with Crippen LogP contribution in [0.3, 0.4) is 0 Å². The van der Waals surface area contributed by atoms with Crippen molar-refractivity contribution in [3.05, 3.63) is 23.8 Å². The van der Waals surface area contributed by atoms with Gasteiger partial charge in [0, 0.05) is 5.54 Å². The summed E-state index contributed by atoms with van der Waals surface area (Å²) in [7, 11) is 2.05. The molecule has 0 bridgehead atoms. The van der Waals surface area contributed by atoms with Crippen LogP contribution in [0, 0.1) is 5.92 Å². The second-order valence-electron chi connectivity index (χ2n) is 4.95. The molecule has 0 saturated heterocycles. The summed E-state index contributed by atoms with van der Waals surface area (Å²) >= 11 is 0. The summed E-state index contributed by atoms with van der Waals surface area (Å²) in [6, 6.07) is 0. The largest absolute Gasteiger partial charge is 0.315 e. The Morgan fingerprint density at radius 1 is 1.57 bits per heavy atom. The number of hydrogen-bond acceptors (Lipinski definition) is 1. The van der Waals surface area contributed by atoms with Crippen molar-refractivity contribution in [2.45, 2.75) is 45.6 Å². The molecule has 0 saturated carbocycles. The zero-order valence-corrected chi connectivity index (χ0v) is 9.98. The quantitative estimate of drug-likeness (QED) is 0.725. The summed E-state index contributed by atoms with van der Waals surface area (Å²) in [6.07, 6.45) is 6.04. The van der Waals surface area contributed by atoms with Crippen LogP contribution in [-0.2, 0) is 0 Å². The van der Waals surface area contributed by atoms with Crippen LogP contribution in [-0.4, -0.2) is 12.6 Å². The summed E-state index contributed by atoms with van der Waals surface area (Å²) in [6.45, 7) is 10.7. The van der Waals surface area contributed by atoms with Gasteiger partial charge in [-0.3, -0.25) is 0 Å². The maximum Gasteiger partial charge on any atom is 0.0153 e. The van der Waals surface area contributed by atoms with Gasteiger partial charge >= 0.3 is 0 Å². The first kappa shape index (κ1) is 11.5. The number of allylic oxidation sites excluding steroid dienone is 3. The maximum absolute atomic E-state index is 4.00. The Hall–Kier alpha value is -0.560. The number of rotatable bonds is 3. The van der Waals surface area contributed by atoms with Crippen LogP contribution in [0.15, 0.2) is 23.8 Å². The molecule has 1 aliphatic rings. The molecular formula is C13H23N. The molecule has 0 heterocycles. The van der Waals surface area contributed by atoms with E-state index in [0.717, 1.165) is 5.92 Å². The van der Waals surface area contributed by atoms with Crippen LogP contribution in [0.4, 0.5) is 0 Å². The molecule has 1 N–H and O–H groups in total. The molecule has 0 amide bonds. The lowest BCUT2D eigenvalue weighted by Gasteiger charge is -2.36. The average molecular weight is 193 g/mol. The molecule has 0 aromatic carbocycles. The van der Waals surface area contributed by atoms with Crippen molar-refractivity contribution >= 4 is 0 Å². The van der Waals surface area contributed by atoms with Crippen LogP contribution >= 0.6 is 0 Å². The molecule has 0 aromatic rings. The van der Waals surface area contributed by atoms with Crippen LogP contribution in [0.2, 0.25) is 0 Å². The first-order valence-electron chi connectivity index (χ1n) is 5.51. The molecule has 14 heavy (non-hydrogen) atoms. The molecule has 1 atom stereocenters. The van der Waals surface area contributed by atoms with Gasteiger partial charge in [-0.05, 0) is 58.6 Å². The van der Waals surface area contributed by atoms with E-state index in [1.807, 2.05) is 0 Å². The molecule has 1 nitrogen and oxygen atoms in total. The summed E-state index contributed by atoms with van der Waals surface area (Å²) < 4.78 is 0. The van der Waals surface area contributed by atoms with Gasteiger partial charge in [-0.15, -0.1) is 0 Å². The topological polar surface area (TPSA) is 12.0 Å². The van der Waals surface area contributed by atoms with Crippen LogP contribution in [0.5, 0.6) is 0 Å². The standard InChI is InChI=1S/C13H23N/c1-10(2)11-6-8-12(9-7-11)13(3,4)14-5/h6,12,14H,1,7-9H2,2-5H3. The van der Waals surface area contributed by atoms with Crippen molar-refractivity contribution in [2.75, 3.05) is 7.05 Å². The van der Waals surface area contributed by atoms with Gasteiger partial charge in [-0.25, -0.2) is 0 Å². The second kappa shape index (κ2) is 4.31. The lowest BCUT2D eigenvalue weighted by atomic mass is 9.76. The van der Waals surface area contributed by atoms with E-state index < -0.39 is 0 Å². The van der Waals surface area contributed by atoms with Crippen LogP contribution < -0.4 is 5.32 Å². The van der Waals surface area contributed by atoms with Gasteiger partial charge < -0.3 is 5.32 Å². The maximum atomic E-state index is 4.00. The van der Waals surface area contributed by atoms with Crippen LogP contribution in [0.1, 0.15) is 40.0 Å². The smallest absolute Gasteiger partial charge is 0.0153 e. The zero-order chi connectivity index (χ0) is 10.8. The minimum atomic E-state index is 0.261. The highest BCUT2D eigenvalue weighted by Gasteiger charge is 2.28. The monoisotopic (exact) mass is 193 g/mol. The van der Waals surface area contributed by atoms with Gasteiger partial charge in [-0.2, -0.15) is 0 Å². The summed E-state index contributed by atoms with van der Waals surface area (Å²) in [5.41, 5.74) is 2.97. The predicted octanol–water partition coefficient (Wildman–Crippen LogP) is 3.29. The first-order chi connectivity index (χ1) is 6.47. The first-order valence-corrected chi connectivity index (χ1v) is 5.51. The third-order valence-electron chi connectivity index (χ3n) is 3.62. The van der Waals surface area contributed by atoms with Crippen LogP contribution in [0.25, 0.3) is 0 Å². The van der Waals surface area contributed by atoms with E-state index in [4.69, 9.17) is 0 Å². The minimum absolute atomic E-state index is 0.261. The van der Waals surface area contributed by atoms with Gasteiger partial charge in [0.15, 0.2) is 0 Å². The summed E-state index contributed by atoms with van der Waals surface area (Å²) in [5, 5.41) is 3.40. The molecule has 1 unspecified atom stereocenters. The molecule has 80 valence electrons. The molecule has 1 rings (SSSR count). The van der Waals surface area contributed by atoms with E-state index in [1.165, 1.54) is 30.4 Å². The van der Waals surface area contributed by atoms with Gasteiger partial charge in [0.2, 0.25) is 0 Å². The fourth-order valence-electron chi connectivity index (χ4n) is 2.08. The third-order valence-corrected chi connectivity index (χ3v) is 3.62. The van der Waals surface area contributed by atoms with Crippen molar-refractivity contribution < 1.29 is 0 Å². The number of hydrogen-bond donors (Lipinski definition) is 1. The van der Waals surface area contributed by atoms with Crippen molar-refractivity contribution in [2.24, 2.45) is 5.92 Å². The Morgan fingerprint density at radius 2 is 2.21 bits per heavy atom. The lowest BCUT2D eigenvalue weighted by Crippen LogP contribution is -2.44. The Morgan fingerprint density at radius 3 is 2.57 bits per heavy atom. The fraction of sp³-hybridized carbons (Fsp3) is 0.692. The van der Waals surface area contributed by atoms with E-state index in [0.29, 0.717) is 0 Å². The van der Waals surface area contributed by atoms with E-state index in [2.05, 4.69) is 45.8 Å². The zero-order valence-electron chi connectivity index (χ0n) is 9.98. The third kappa shape index (κ3) is 2.48.